The molecule has 0 unspecified atom stereocenters. The number of para-hydroxylation sites is 2. The smallest absolute Gasteiger partial charge is 0.238 e. The van der Waals surface area contributed by atoms with Gasteiger partial charge < -0.3 is 10.1 Å². The zero-order valence-corrected chi connectivity index (χ0v) is 14.7. The highest BCUT2D eigenvalue weighted by Gasteiger charge is 2.11. The fourth-order valence-electron chi connectivity index (χ4n) is 2.66. The zero-order chi connectivity index (χ0) is 17.4. The molecule has 0 saturated carbocycles. The number of benzene rings is 2. The summed E-state index contributed by atoms with van der Waals surface area (Å²) in [5.74, 6) is 0.871. The fraction of sp³-hybridized carbons (Fsp3) is 0.350. The Labute approximate surface area is 144 Å². The Bertz CT molecular complexity index is 670. The fourth-order valence-corrected chi connectivity index (χ4v) is 2.66. The SMILES string of the molecule is CCOc1ccccc1CN(C)CC(=O)Nc1ccccc1CC. The predicted octanol–water partition coefficient (Wildman–Crippen LogP) is 3.72. The Kier molecular flexibility index (Phi) is 6.82. The van der Waals surface area contributed by atoms with Gasteiger partial charge in [0, 0.05) is 17.8 Å². The van der Waals surface area contributed by atoms with Gasteiger partial charge in [-0.15, -0.1) is 0 Å². The summed E-state index contributed by atoms with van der Waals surface area (Å²) >= 11 is 0. The molecule has 0 atom stereocenters. The largest absolute Gasteiger partial charge is 0.494 e. The maximum Gasteiger partial charge on any atom is 0.238 e. The number of hydrogen-bond donors (Lipinski definition) is 1. The monoisotopic (exact) mass is 326 g/mol. The summed E-state index contributed by atoms with van der Waals surface area (Å²) in [5.41, 5.74) is 3.13. The Morgan fingerprint density at radius 2 is 1.71 bits per heavy atom. The van der Waals surface area contributed by atoms with E-state index in [1.165, 1.54) is 0 Å². The van der Waals surface area contributed by atoms with Gasteiger partial charge in [-0.2, -0.15) is 0 Å². The molecule has 4 nitrogen and oxygen atoms in total. The number of nitrogens with zero attached hydrogens (tertiary/aromatic N) is 1. The third-order valence-corrected chi connectivity index (χ3v) is 3.80. The second-order valence-electron chi connectivity index (χ2n) is 5.77. The maximum atomic E-state index is 12.3. The number of aryl methyl sites for hydroxylation is 1. The van der Waals surface area contributed by atoms with Crippen LogP contribution in [0, 0.1) is 0 Å². The van der Waals surface area contributed by atoms with E-state index in [0.717, 1.165) is 29.0 Å². The van der Waals surface area contributed by atoms with Crippen LogP contribution in [0.4, 0.5) is 5.69 Å². The van der Waals surface area contributed by atoms with E-state index in [0.29, 0.717) is 19.7 Å². The molecular formula is C20H26N2O2. The quantitative estimate of drug-likeness (QED) is 0.804. The van der Waals surface area contributed by atoms with Gasteiger partial charge in [-0.3, -0.25) is 9.69 Å². The molecule has 0 aliphatic carbocycles. The van der Waals surface area contributed by atoms with Crippen molar-refractivity contribution in [1.82, 2.24) is 4.90 Å². The molecule has 0 radical (unpaired) electrons. The van der Waals surface area contributed by atoms with E-state index in [4.69, 9.17) is 4.74 Å². The summed E-state index contributed by atoms with van der Waals surface area (Å²) in [4.78, 5) is 14.3. The van der Waals surface area contributed by atoms with Crippen LogP contribution in [0.25, 0.3) is 0 Å². The van der Waals surface area contributed by atoms with Crippen molar-refractivity contribution >= 4 is 11.6 Å². The molecule has 128 valence electrons. The average molecular weight is 326 g/mol. The number of hydrogen-bond acceptors (Lipinski definition) is 3. The van der Waals surface area contributed by atoms with Crippen molar-refractivity contribution in [3.8, 4) is 5.75 Å². The highest BCUT2D eigenvalue weighted by Crippen LogP contribution is 2.19. The summed E-state index contributed by atoms with van der Waals surface area (Å²) in [5, 5.41) is 3.01. The second kappa shape index (κ2) is 9.08. The highest BCUT2D eigenvalue weighted by atomic mass is 16.5. The number of nitrogens with one attached hydrogen (secondary N) is 1. The van der Waals surface area contributed by atoms with Crippen LogP contribution in [-0.2, 0) is 17.8 Å². The lowest BCUT2D eigenvalue weighted by Gasteiger charge is -2.19. The minimum Gasteiger partial charge on any atom is -0.494 e. The van der Waals surface area contributed by atoms with Gasteiger partial charge in [0.25, 0.3) is 0 Å². The van der Waals surface area contributed by atoms with Crippen molar-refractivity contribution in [1.29, 1.82) is 0 Å². The highest BCUT2D eigenvalue weighted by molar-refractivity contribution is 5.92. The molecular weight excluding hydrogens is 300 g/mol. The van der Waals surface area contributed by atoms with Gasteiger partial charge in [0.15, 0.2) is 0 Å². The molecule has 1 amide bonds. The number of likely N-dealkylation sites (N-methyl/N-ethyl adjacent to an activating group) is 1. The van der Waals surface area contributed by atoms with Crippen LogP contribution in [0.3, 0.4) is 0 Å². The van der Waals surface area contributed by atoms with Crippen LogP contribution in [0.2, 0.25) is 0 Å². The van der Waals surface area contributed by atoms with E-state index >= 15 is 0 Å². The van der Waals surface area contributed by atoms with Crippen molar-refractivity contribution < 1.29 is 9.53 Å². The number of carbonyl (C=O) groups is 1. The summed E-state index contributed by atoms with van der Waals surface area (Å²) in [6.45, 7) is 5.69. The van der Waals surface area contributed by atoms with Crippen molar-refractivity contribution in [3.05, 3.63) is 59.7 Å². The minimum absolute atomic E-state index is 0.00714. The van der Waals surface area contributed by atoms with Gasteiger partial charge in [-0.1, -0.05) is 43.3 Å². The van der Waals surface area contributed by atoms with Crippen molar-refractivity contribution in [2.75, 3.05) is 25.5 Å². The van der Waals surface area contributed by atoms with Crippen molar-refractivity contribution in [3.63, 3.8) is 0 Å². The molecule has 0 spiro atoms. The minimum atomic E-state index is -0.00714. The molecule has 2 rings (SSSR count). The number of rotatable bonds is 8. The first-order chi connectivity index (χ1) is 11.6. The summed E-state index contributed by atoms with van der Waals surface area (Å²) in [6, 6.07) is 15.9. The van der Waals surface area contributed by atoms with E-state index in [1.54, 1.807) is 0 Å². The van der Waals surface area contributed by atoms with Crippen LogP contribution >= 0.6 is 0 Å². The normalized spacial score (nSPS) is 10.7. The molecule has 0 bridgehead atoms. The van der Waals surface area contributed by atoms with E-state index in [9.17, 15) is 4.79 Å². The van der Waals surface area contributed by atoms with Gasteiger partial charge >= 0.3 is 0 Å². The lowest BCUT2D eigenvalue weighted by molar-refractivity contribution is -0.117. The van der Waals surface area contributed by atoms with Gasteiger partial charge in [0.2, 0.25) is 5.91 Å². The maximum absolute atomic E-state index is 12.3. The number of anilines is 1. The summed E-state index contributed by atoms with van der Waals surface area (Å²) in [6.07, 6.45) is 0.897. The predicted molar refractivity (Wildman–Crippen MR) is 98.4 cm³/mol. The lowest BCUT2D eigenvalue weighted by atomic mass is 10.1. The van der Waals surface area contributed by atoms with E-state index in [1.807, 2.05) is 67.4 Å². The molecule has 0 aliphatic heterocycles. The van der Waals surface area contributed by atoms with E-state index in [2.05, 4.69) is 12.2 Å². The van der Waals surface area contributed by atoms with E-state index < -0.39 is 0 Å². The van der Waals surface area contributed by atoms with Crippen molar-refractivity contribution in [2.45, 2.75) is 26.8 Å². The van der Waals surface area contributed by atoms with Gasteiger partial charge in [-0.25, -0.2) is 0 Å². The van der Waals surface area contributed by atoms with Crippen molar-refractivity contribution in [2.24, 2.45) is 0 Å². The third kappa shape index (κ3) is 5.10. The Morgan fingerprint density at radius 1 is 1.04 bits per heavy atom. The third-order valence-electron chi connectivity index (χ3n) is 3.80. The molecule has 2 aromatic rings. The molecule has 24 heavy (non-hydrogen) atoms. The van der Waals surface area contributed by atoms with Gasteiger partial charge in [0.1, 0.15) is 5.75 Å². The Balaban J connectivity index is 1.94. The lowest BCUT2D eigenvalue weighted by Crippen LogP contribution is -2.30. The average Bonchev–Trinajstić information content (AvgIpc) is 2.57. The molecule has 0 saturated heterocycles. The molecule has 0 heterocycles. The first-order valence-corrected chi connectivity index (χ1v) is 8.41. The molecule has 4 heteroatoms. The first-order valence-electron chi connectivity index (χ1n) is 8.41. The Hall–Kier alpha value is -2.33. The van der Waals surface area contributed by atoms with Crippen LogP contribution in [0.5, 0.6) is 5.75 Å². The number of ether oxygens (including phenoxy) is 1. The van der Waals surface area contributed by atoms with Crippen LogP contribution in [-0.4, -0.2) is 31.0 Å². The van der Waals surface area contributed by atoms with E-state index in [-0.39, 0.29) is 5.91 Å². The standard InChI is InChI=1S/C20H26N2O2/c1-4-16-10-6-8-12-18(16)21-20(23)15-22(3)14-17-11-7-9-13-19(17)24-5-2/h6-13H,4-5,14-15H2,1-3H3,(H,21,23). The summed E-state index contributed by atoms with van der Waals surface area (Å²) in [7, 11) is 1.94. The van der Waals surface area contributed by atoms with Gasteiger partial charge in [0.05, 0.1) is 13.2 Å². The second-order valence-corrected chi connectivity index (χ2v) is 5.77. The number of carbonyl (C=O) groups excluding carboxylic acids is 1. The summed E-state index contributed by atoms with van der Waals surface area (Å²) < 4.78 is 5.64. The van der Waals surface area contributed by atoms with Gasteiger partial charge in [-0.05, 0) is 38.1 Å². The van der Waals surface area contributed by atoms with Crippen LogP contribution < -0.4 is 10.1 Å². The molecule has 0 fully saturated rings. The van der Waals surface area contributed by atoms with Crippen LogP contribution in [0.1, 0.15) is 25.0 Å². The molecule has 2 aromatic carbocycles. The molecule has 1 N–H and O–H groups in total. The number of amides is 1. The van der Waals surface area contributed by atoms with Crippen LogP contribution in [0.15, 0.2) is 48.5 Å². The first kappa shape index (κ1) is 18.0. The Morgan fingerprint density at radius 3 is 2.42 bits per heavy atom. The molecule has 0 aliphatic rings. The molecule has 0 aromatic heterocycles. The topological polar surface area (TPSA) is 41.6 Å². The zero-order valence-electron chi connectivity index (χ0n) is 14.7.